The Morgan fingerprint density at radius 3 is 0.757 bits per heavy atom. The van der Waals surface area contributed by atoms with Crippen LogP contribution in [0.4, 0.5) is 8.78 Å². The highest BCUT2D eigenvalue weighted by Gasteiger charge is 2.70. The van der Waals surface area contributed by atoms with E-state index >= 15 is 0 Å². The average molecular weight is 2250 g/mol. The smallest absolute Gasteiger partial charge is 0.451 e. The summed E-state index contributed by atoms with van der Waals surface area (Å²) in [5.74, 6) is -15.8. The Morgan fingerprint density at radius 2 is 0.574 bits per heavy atom. The van der Waals surface area contributed by atoms with Crippen LogP contribution in [0.2, 0.25) is 37.9 Å². The molecule has 0 aromatic heterocycles. The number of alkyl halides is 2. The molecule has 12 aliphatic rings. The lowest BCUT2D eigenvalue weighted by Crippen LogP contribution is -2.56. The number of rotatable bonds is 48. The molecule has 6 heterocycles. The number of nitrogens with zero attached hydrogens (tertiary/aromatic N) is 7. The zero-order valence-corrected chi connectivity index (χ0v) is 87.5. The largest absolute Gasteiger partial charge is 0.480 e. The van der Waals surface area contributed by atoms with Crippen LogP contribution in [0.1, 0.15) is 138 Å². The van der Waals surface area contributed by atoms with Gasteiger partial charge in [0.1, 0.15) is 39.3 Å². The molecule has 48 N–H and O–H groups in total. The first-order chi connectivity index (χ1) is 67.2. The molecule has 1 unspecified atom stereocenters. The van der Waals surface area contributed by atoms with Crippen molar-refractivity contribution in [2.75, 3.05) is 78.5 Å². The maximum absolute atomic E-state index is 13.2. The number of carboxylic acid groups (broad SMARTS) is 6. The number of halogens is 2. The quantitative estimate of drug-likeness (QED) is 0.0252. The van der Waals surface area contributed by atoms with Crippen molar-refractivity contribution in [3.63, 3.8) is 0 Å². The third-order valence-electron chi connectivity index (χ3n) is 30.6. The van der Waals surface area contributed by atoms with Crippen molar-refractivity contribution < 1.29 is 179 Å². The summed E-state index contributed by atoms with van der Waals surface area (Å²) in [7, 11) is -33.1. The number of nitriles is 1. The number of nitrogens with two attached hydrogens (primary N) is 12. The highest BCUT2D eigenvalue weighted by molar-refractivity contribution is 7.88. The normalized spacial score (nSPS) is 36.2. The Labute approximate surface area is 859 Å². The topological polar surface area (TPSA) is 1100 Å². The summed E-state index contributed by atoms with van der Waals surface area (Å²) in [4.78, 5) is 69.4. The molecule has 12 rings (SSSR count). The van der Waals surface area contributed by atoms with Crippen molar-refractivity contribution >= 4 is 140 Å². The van der Waals surface area contributed by atoms with Gasteiger partial charge in [0.2, 0.25) is 0 Å². The number of hydrogen-bond donors (Lipinski definition) is 36. The third-order valence-corrected chi connectivity index (χ3v) is 40.0. The van der Waals surface area contributed by atoms with E-state index in [0.29, 0.717) is 55.7 Å². The van der Waals surface area contributed by atoms with Gasteiger partial charge in [0, 0.05) is 161 Å². The molecule has 75 heteroatoms. The lowest BCUT2D eigenvalue weighted by Gasteiger charge is -2.25. The predicted octanol–water partition coefficient (Wildman–Crippen LogP) is -16.5. The SMILES string of the molecule is CC1(C)[C@@H](N)[C@@H]1NS(=O)(=O)N1C[C@H](CCCB(O)O)[C@](N)(C(=O)O)C1.C[C@]1(N)C[C@@H]1NS(=O)(=O)N1C[C@H](CCCB(O)O)[C@](N)(C(=O)O)C1.C[C@]1(N)C[C@]1(C)NS(=O)(=O)N1C[C@H](CCCB(O)O)[C@](N)(C(=O)O)C1.C[C@]1(NS(=O)(=O)N2C[C@H](CCCB(O)O)[C@](N)(C(=O)O)C2)C[C@@H]1N.N#CC1[C@@H](N)[C@@H]1NS(=O)(=O)N1C[C@H](CCCB(O)O)[C@](N)(C(=O)O)C1.N[C@H]1[C@H](NS(=O)(=O)N2C[C@H](CCCB(O)O)[C@](N)(C(=O)O)C2)C1(F)F. The second-order valence-electron chi connectivity index (χ2n) is 42.9. The van der Waals surface area contributed by atoms with E-state index in [1.165, 1.54) is 0 Å². The second kappa shape index (κ2) is 48.1. The Kier molecular flexibility index (Phi) is 42.1. The molecule has 0 spiro atoms. The first-order valence-electron chi connectivity index (χ1n) is 47.5. The second-order valence-corrected chi connectivity index (χ2v) is 53.0. The minimum absolute atomic E-state index is 0.0274. The molecule has 0 radical (unpaired) electrons. The minimum atomic E-state index is -4.40. The highest BCUT2D eigenvalue weighted by atomic mass is 32.2. The van der Waals surface area contributed by atoms with Crippen LogP contribution in [0.25, 0.3) is 0 Å². The van der Waals surface area contributed by atoms with Crippen LogP contribution < -0.4 is 97.1 Å². The van der Waals surface area contributed by atoms with Gasteiger partial charge in [0.15, 0.2) is 0 Å². The van der Waals surface area contributed by atoms with E-state index in [9.17, 15) is 119 Å². The molecular weight excluding hydrogens is 2100 g/mol. The predicted molar refractivity (Wildman–Crippen MR) is 526 cm³/mol. The summed E-state index contributed by atoms with van der Waals surface area (Å²) in [5, 5.41) is 172. The summed E-state index contributed by atoms with van der Waals surface area (Å²) in [6, 6.07) is -4.10. The van der Waals surface area contributed by atoms with Crippen molar-refractivity contribution in [2.24, 2.45) is 116 Å². The molecule has 25 atom stereocenters. The first kappa shape index (κ1) is 130. The lowest BCUT2D eigenvalue weighted by molar-refractivity contribution is -0.145. The molecule has 0 aromatic rings. The maximum Gasteiger partial charge on any atom is 0.451 e. The number of nitrogens with one attached hydrogen (secondary N) is 6. The van der Waals surface area contributed by atoms with Gasteiger partial charge in [-0.2, -0.15) is 110 Å². The van der Waals surface area contributed by atoms with Crippen molar-refractivity contribution in [3.8, 4) is 6.07 Å². The van der Waals surface area contributed by atoms with Crippen molar-refractivity contribution in [2.45, 2.75) is 285 Å². The van der Waals surface area contributed by atoms with Crippen LogP contribution in [0.3, 0.4) is 0 Å². The Balaban J connectivity index is 0.000000240. The molecule has 61 nitrogen and oxygen atoms in total. The van der Waals surface area contributed by atoms with Crippen LogP contribution in [0, 0.1) is 58.2 Å². The number of carbonyl (C=O) groups is 6. The van der Waals surface area contributed by atoms with Crippen molar-refractivity contribution in [1.29, 1.82) is 5.26 Å². The van der Waals surface area contributed by atoms with Crippen LogP contribution >= 0.6 is 0 Å². The molecule has 6 saturated heterocycles. The first-order valence-corrected chi connectivity index (χ1v) is 56.2. The molecule has 0 amide bonds. The molecule has 148 heavy (non-hydrogen) atoms. The van der Waals surface area contributed by atoms with Crippen molar-refractivity contribution in [1.82, 2.24) is 54.2 Å². The fraction of sp³-hybridized carbons (Fsp3) is 0.904. The van der Waals surface area contributed by atoms with Gasteiger partial charge < -0.3 is 160 Å². The molecule has 0 aromatic carbocycles. The van der Waals surface area contributed by atoms with E-state index in [1.54, 1.807) is 32.4 Å². The molecule has 6 saturated carbocycles. The fourth-order valence-electron chi connectivity index (χ4n) is 18.9. The molecule has 0 bridgehead atoms. The van der Waals surface area contributed by atoms with Gasteiger partial charge in [-0.05, 0) is 129 Å². The van der Waals surface area contributed by atoms with Gasteiger partial charge in [-0.25, -0.2) is 8.78 Å². The number of aliphatic carboxylic acids is 6. The Morgan fingerprint density at radius 1 is 0.365 bits per heavy atom. The zero-order chi connectivity index (χ0) is 113. The minimum Gasteiger partial charge on any atom is -0.480 e. The average Bonchev–Trinajstić information content (AvgIpc) is 1.54. The standard InChI is InChI=1S/2C13H27BN4O6S.C12H22BN5O6S.2C12H25BN4O6S.C11H21BF2N4O6S/c1-11(15)7-12(11,2)17-25(23,24)18-6-9(4-3-5-14(21)22)13(16,8-18)10(19)20;1-12(2)9(15)10(12)17-25(23,24)18-6-8(4-3-5-14(21)22)13(16,7-18)11(19)20;14-4-8-9(15)10(8)17-25(23,24)18-5-7(2-1-3-13(21)22)12(16,6-18)11(19)20;1-11(14)5-9(11)16-24(22,23)17-6-8(3-2-4-13(20)21)12(15,7-17)10(18)19;1-11(5-9(11)14)16-24(22,23)17-6-8(3-2-4-13(20)21)12(15,7-17)10(18)19;13-11(14)7(15)8(11)17-25(23,24)18-4-6(2-1-3-12(21)22)10(16,5-18)9(19)20/h9,17,21-22H,3-8,15-16H2,1-2H3,(H,19,20);8-10,17,21-22H,3-7,15-16H2,1-2H3,(H,19,20);7-10,17,21-22H,1-3,5-6,15-16H2,(H,19,20);2*8-9,16,20-21H,2-7,14-15H2,1H3,(H,18,19);6-8,17,21-22H,1-5,15-16H2,(H,19,20)/t9-,11-,12-,13-;8-,9-,10-,13-;7-,8?,9+,10+,12-;2*8-,9-,11-,12-;6-,7-,8-,10-/m000000/s1. The summed E-state index contributed by atoms with van der Waals surface area (Å²) < 4.78 is 196. The number of carboxylic acids is 6. The van der Waals surface area contributed by atoms with E-state index in [-0.39, 0.29) is 172 Å². The van der Waals surface area contributed by atoms with E-state index in [2.05, 4.69) is 23.6 Å². The summed E-state index contributed by atoms with van der Waals surface area (Å²) in [6.07, 6.45) is 5.13. The van der Waals surface area contributed by atoms with Crippen LogP contribution in [-0.4, -0.2) is 434 Å². The van der Waals surface area contributed by atoms with Gasteiger partial charge >= 0.3 is 78.5 Å². The molecule has 6 aliphatic heterocycles. The van der Waals surface area contributed by atoms with E-state index in [4.69, 9.17) is 134 Å². The van der Waals surface area contributed by atoms with Crippen LogP contribution in [0.5, 0.6) is 0 Å². The van der Waals surface area contributed by atoms with Gasteiger partial charge in [-0.3, -0.25) is 28.8 Å². The van der Waals surface area contributed by atoms with Gasteiger partial charge in [-0.1, -0.05) is 52.4 Å². The Bertz CT molecular complexity index is 5360. The van der Waals surface area contributed by atoms with Gasteiger partial charge in [0.05, 0.1) is 29.6 Å². The van der Waals surface area contributed by atoms with Crippen molar-refractivity contribution in [3.05, 3.63) is 0 Å². The van der Waals surface area contributed by atoms with E-state index in [0.717, 1.165) is 21.5 Å². The summed E-state index contributed by atoms with van der Waals surface area (Å²) >= 11 is 0. The molecular formula is C73H147B6F2N25O36S6. The Hall–Kier alpha value is -5.18. The van der Waals surface area contributed by atoms with E-state index in [1.807, 2.05) is 19.9 Å². The summed E-state index contributed by atoms with van der Waals surface area (Å²) in [5.41, 5.74) is 56.2. The van der Waals surface area contributed by atoms with Gasteiger partial charge in [-0.15, -0.1) is 0 Å². The van der Waals surface area contributed by atoms with Crippen LogP contribution in [0.15, 0.2) is 0 Å². The maximum atomic E-state index is 13.2. The molecule has 6 aliphatic carbocycles. The van der Waals surface area contributed by atoms with Gasteiger partial charge in [0.25, 0.3) is 67.2 Å². The fourth-order valence-corrected chi connectivity index (χ4v) is 28.8. The highest BCUT2D eigenvalue weighted by Crippen LogP contribution is 2.49. The molecule has 848 valence electrons. The van der Waals surface area contributed by atoms with Crippen LogP contribution in [-0.2, 0) is 90.0 Å². The van der Waals surface area contributed by atoms with E-state index < -0.39 is 286 Å². The lowest BCUT2D eigenvalue weighted by atomic mass is 9.78. The monoisotopic (exact) mass is 2250 g/mol. The number of hydrogen-bond acceptors (Lipinski definition) is 43. The third kappa shape index (κ3) is 31.5. The molecule has 12 fully saturated rings. The zero-order valence-electron chi connectivity index (χ0n) is 82.6. The summed E-state index contributed by atoms with van der Waals surface area (Å²) in [6.45, 7) is 7.66.